The van der Waals surface area contributed by atoms with Crippen LogP contribution in [-0.2, 0) is 11.3 Å². The third-order valence-corrected chi connectivity index (χ3v) is 3.58. The van der Waals surface area contributed by atoms with Crippen molar-refractivity contribution in [2.45, 2.75) is 6.54 Å². The number of hydrogen-bond donors (Lipinski definition) is 2. The lowest BCUT2D eigenvalue weighted by Gasteiger charge is -2.08. The number of hydrogen-bond acceptors (Lipinski definition) is 3. The molecule has 0 aliphatic carbocycles. The van der Waals surface area contributed by atoms with Crippen LogP contribution in [0, 0.1) is 0 Å². The highest BCUT2D eigenvalue weighted by Crippen LogP contribution is 2.23. The number of thiocarbonyl (C=S) groups is 1. The van der Waals surface area contributed by atoms with E-state index in [0.717, 1.165) is 8.95 Å². The normalized spacial score (nSPS) is 10.1. The summed E-state index contributed by atoms with van der Waals surface area (Å²) in [7, 11) is 0. The predicted octanol–water partition coefficient (Wildman–Crippen LogP) is 3.86. The number of benzene rings is 1. The van der Waals surface area contributed by atoms with Crippen LogP contribution in [0.4, 0.5) is 5.69 Å². The lowest BCUT2D eigenvalue weighted by Crippen LogP contribution is -2.33. The van der Waals surface area contributed by atoms with Gasteiger partial charge >= 0.3 is 0 Å². The van der Waals surface area contributed by atoms with Gasteiger partial charge in [-0.25, -0.2) is 0 Å². The molecule has 0 bridgehead atoms. The van der Waals surface area contributed by atoms with Gasteiger partial charge in [-0.1, -0.05) is 44.1 Å². The molecule has 7 heteroatoms. The van der Waals surface area contributed by atoms with Crippen molar-refractivity contribution in [3.8, 4) is 0 Å². The zero-order chi connectivity index (χ0) is 14.5. The monoisotopic (exact) mass is 416 g/mol. The van der Waals surface area contributed by atoms with Crippen LogP contribution < -0.4 is 10.6 Å². The van der Waals surface area contributed by atoms with Gasteiger partial charge in [0.25, 0.3) is 5.91 Å². The zero-order valence-electron chi connectivity index (χ0n) is 10.2. The maximum Gasteiger partial charge on any atom is 0.283 e. The first-order chi connectivity index (χ1) is 9.54. The summed E-state index contributed by atoms with van der Waals surface area (Å²) in [5, 5.41) is 5.56. The summed E-state index contributed by atoms with van der Waals surface area (Å²) in [6.45, 7) is 0.376. The topological polar surface area (TPSA) is 54.3 Å². The summed E-state index contributed by atoms with van der Waals surface area (Å²) in [5.74, 6) is 0.349. The first kappa shape index (κ1) is 15.2. The Morgan fingerprint density at radius 2 is 1.95 bits per heavy atom. The highest BCUT2D eigenvalue weighted by Gasteiger charge is 2.10. The Bertz CT molecular complexity index is 609. The highest BCUT2D eigenvalue weighted by molar-refractivity contribution is 9.11. The minimum absolute atomic E-state index is 0.109. The third kappa shape index (κ3) is 4.43. The fourth-order valence-electron chi connectivity index (χ4n) is 1.47. The summed E-state index contributed by atoms with van der Waals surface area (Å²) in [5.41, 5.74) is 0.651. The first-order valence-electron chi connectivity index (χ1n) is 5.62. The molecule has 0 atom stereocenters. The second-order valence-electron chi connectivity index (χ2n) is 3.87. The average Bonchev–Trinajstić information content (AvgIpc) is 2.87. The molecule has 0 fully saturated rings. The van der Waals surface area contributed by atoms with Crippen molar-refractivity contribution in [2.75, 3.05) is 5.32 Å². The predicted molar refractivity (Wildman–Crippen MR) is 88.6 cm³/mol. The molecule has 0 saturated heterocycles. The molecule has 0 saturated carbocycles. The molecule has 0 aliphatic heterocycles. The number of furan rings is 1. The van der Waals surface area contributed by atoms with Crippen molar-refractivity contribution >= 4 is 60.7 Å². The molecule has 2 N–H and O–H groups in total. The van der Waals surface area contributed by atoms with Gasteiger partial charge in [0.05, 0.1) is 12.8 Å². The molecular weight excluding hydrogens is 408 g/mol. The second-order valence-corrected chi connectivity index (χ2v) is 6.11. The molecule has 2 rings (SSSR count). The molecule has 2 aromatic rings. The van der Waals surface area contributed by atoms with Crippen LogP contribution in [0.25, 0.3) is 0 Å². The van der Waals surface area contributed by atoms with Crippen LogP contribution in [0.3, 0.4) is 0 Å². The fraction of sp³-hybridized carbons (Fsp3) is 0.0769. The maximum atomic E-state index is 11.9. The van der Waals surface area contributed by atoms with E-state index in [2.05, 4.69) is 42.5 Å². The van der Waals surface area contributed by atoms with Crippen molar-refractivity contribution in [3.05, 3.63) is 51.3 Å². The third-order valence-electron chi connectivity index (χ3n) is 2.33. The smallest absolute Gasteiger partial charge is 0.283 e. The van der Waals surface area contributed by atoms with Crippen LogP contribution in [0.1, 0.15) is 5.76 Å². The molecule has 20 heavy (non-hydrogen) atoms. The Kier molecular flexibility index (Phi) is 5.33. The summed E-state index contributed by atoms with van der Waals surface area (Å²) < 4.78 is 6.86. The van der Waals surface area contributed by atoms with E-state index in [1.807, 2.05) is 6.07 Å². The largest absolute Gasteiger partial charge is 0.467 e. The Labute approximate surface area is 138 Å². The number of halogens is 2. The molecule has 1 aromatic heterocycles. The second kappa shape index (κ2) is 7.01. The lowest BCUT2D eigenvalue weighted by molar-refractivity contribution is -0.110. The zero-order valence-corrected chi connectivity index (χ0v) is 14.1. The van der Waals surface area contributed by atoms with E-state index in [-0.39, 0.29) is 10.9 Å². The van der Waals surface area contributed by atoms with Gasteiger partial charge in [0, 0.05) is 14.6 Å². The molecule has 1 aromatic carbocycles. The van der Waals surface area contributed by atoms with Crippen LogP contribution in [0.15, 0.2) is 50.0 Å². The standard InChI is InChI=1S/C13H10Br2N2O2S/c14-8-4-9(15)6-10(5-8)17-12(18)13(20)16-7-11-2-1-3-19-11/h1-6H,7H2,(H,16,20)(H,17,18). The number of nitrogens with one attached hydrogen (secondary N) is 2. The summed E-state index contributed by atoms with van der Waals surface area (Å²) >= 11 is 11.7. The summed E-state index contributed by atoms with van der Waals surface area (Å²) in [6.07, 6.45) is 1.57. The van der Waals surface area contributed by atoms with Crippen LogP contribution in [0.5, 0.6) is 0 Å². The summed E-state index contributed by atoms with van der Waals surface area (Å²) in [6, 6.07) is 9.04. The Morgan fingerprint density at radius 3 is 2.55 bits per heavy atom. The number of carbonyl (C=O) groups is 1. The van der Waals surface area contributed by atoms with Gasteiger partial charge in [0.15, 0.2) is 4.99 Å². The van der Waals surface area contributed by atoms with E-state index in [1.54, 1.807) is 30.5 Å². The van der Waals surface area contributed by atoms with Gasteiger partial charge in [-0.2, -0.15) is 0 Å². The molecule has 0 aliphatic rings. The molecule has 104 valence electrons. The van der Waals surface area contributed by atoms with Gasteiger partial charge in [-0.15, -0.1) is 0 Å². The van der Waals surface area contributed by atoms with E-state index in [0.29, 0.717) is 18.0 Å². The van der Waals surface area contributed by atoms with Gasteiger partial charge < -0.3 is 15.1 Å². The van der Waals surface area contributed by atoms with Crippen LogP contribution >= 0.6 is 44.1 Å². The average molecular weight is 418 g/mol. The van der Waals surface area contributed by atoms with E-state index in [9.17, 15) is 4.79 Å². The first-order valence-corrected chi connectivity index (χ1v) is 7.61. The van der Waals surface area contributed by atoms with E-state index < -0.39 is 0 Å². The van der Waals surface area contributed by atoms with Crippen molar-refractivity contribution in [3.63, 3.8) is 0 Å². The minimum atomic E-state index is -0.364. The quantitative estimate of drug-likeness (QED) is 0.744. The minimum Gasteiger partial charge on any atom is -0.467 e. The maximum absolute atomic E-state index is 11.9. The van der Waals surface area contributed by atoms with Crippen molar-refractivity contribution < 1.29 is 9.21 Å². The van der Waals surface area contributed by atoms with Crippen LogP contribution in [0.2, 0.25) is 0 Å². The number of anilines is 1. The van der Waals surface area contributed by atoms with Gasteiger partial charge in [0.1, 0.15) is 5.76 Å². The van der Waals surface area contributed by atoms with Gasteiger partial charge in [0.2, 0.25) is 0 Å². The Balaban J connectivity index is 1.92. The van der Waals surface area contributed by atoms with Crippen molar-refractivity contribution in [2.24, 2.45) is 0 Å². The SMILES string of the molecule is O=C(Nc1cc(Br)cc(Br)c1)C(=S)NCc1ccco1. The van der Waals surface area contributed by atoms with Crippen molar-refractivity contribution in [1.82, 2.24) is 5.32 Å². The van der Waals surface area contributed by atoms with Gasteiger partial charge in [-0.3, -0.25) is 4.79 Å². The van der Waals surface area contributed by atoms with Crippen molar-refractivity contribution in [1.29, 1.82) is 0 Å². The molecule has 0 radical (unpaired) electrons. The molecule has 4 nitrogen and oxygen atoms in total. The highest BCUT2D eigenvalue weighted by atomic mass is 79.9. The molecule has 1 amide bonds. The molecule has 0 spiro atoms. The molecule has 0 unspecified atom stereocenters. The fourth-order valence-corrected chi connectivity index (χ4v) is 2.89. The molecule has 1 heterocycles. The van der Waals surface area contributed by atoms with Gasteiger partial charge in [-0.05, 0) is 30.3 Å². The molecular formula is C13H10Br2N2O2S. The number of amides is 1. The van der Waals surface area contributed by atoms with E-state index in [4.69, 9.17) is 16.6 Å². The van der Waals surface area contributed by atoms with Crippen LogP contribution in [-0.4, -0.2) is 10.9 Å². The van der Waals surface area contributed by atoms with E-state index in [1.165, 1.54) is 0 Å². The number of carbonyl (C=O) groups excluding carboxylic acids is 1. The lowest BCUT2D eigenvalue weighted by atomic mass is 10.3. The number of rotatable bonds is 3. The summed E-state index contributed by atoms with van der Waals surface area (Å²) in [4.78, 5) is 12.0. The Morgan fingerprint density at radius 1 is 1.25 bits per heavy atom. The van der Waals surface area contributed by atoms with E-state index >= 15 is 0 Å². The Hall–Kier alpha value is -1.18.